The van der Waals surface area contributed by atoms with Gasteiger partial charge in [-0.3, -0.25) is 4.79 Å². The molecule has 25 heavy (non-hydrogen) atoms. The zero-order valence-electron chi connectivity index (χ0n) is 13.5. The fourth-order valence-corrected chi connectivity index (χ4v) is 2.05. The molecule has 0 fully saturated rings. The Morgan fingerprint density at radius 3 is 2.04 bits per heavy atom. The number of nitrogens with two attached hydrogens (primary N) is 2. The molecule has 0 aliphatic rings. The smallest absolute Gasteiger partial charge is 0.330 e. The lowest BCUT2D eigenvalue weighted by Gasteiger charge is -2.00. The van der Waals surface area contributed by atoms with Crippen molar-refractivity contribution in [2.45, 2.75) is 6.92 Å². The molecule has 0 aliphatic carbocycles. The van der Waals surface area contributed by atoms with Crippen molar-refractivity contribution in [2.75, 3.05) is 18.1 Å². The number of esters is 1. The highest BCUT2D eigenvalue weighted by Gasteiger charge is 1.98. The second-order valence-corrected chi connectivity index (χ2v) is 5.62. The molecule has 5 nitrogen and oxygen atoms in total. The molecule has 0 radical (unpaired) electrons. The maximum absolute atomic E-state index is 11.0. The van der Waals surface area contributed by atoms with E-state index >= 15 is 0 Å². The molecule has 2 rings (SSSR count). The summed E-state index contributed by atoms with van der Waals surface area (Å²) in [4.78, 5) is 21.3. The summed E-state index contributed by atoms with van der Waals surface area (Å²) in [6.07, 6.45) is 3.59. The molecular weight excluding hydrogens is 363 g/mol. The van der Waals surface area contributed by atoms with Gasteiger partial charge >= 0.3 is 5.97 Å². The number of benzene rings is 2. The third-order valence-electron chi connectivity index (χ3n) is 2.91. The van der Waals surface area contributed by atoms with Crippen LogP contribution in [0.5, 0.6) is 0 Å². The van der Waals surface area contributed by atoms with Gasteiger partial charge in [-0.05, 0) is 55.0 Å². The number of nitrogen functional groups attached to an aromatic ring is 2. The molecule has 132 valence electrons. The maximum Gasteiger partial charge on any atom is 0.330 e. The van der Waals surface area contributed by atoms with Gasteiger partial charge in [0.1, 0.15) is 0 Å². The van der Waals surface area contributed by atoms with Gasteiger partial charge in [0.15, 0.2) is 6.29 Å². The van der Waals surface area contributed by atoms with E-state index in [0.29, 0.717) is 45.4 Å². The Hall–Kier alpha value is -2.50. The highest BCUT2D eigenvalue weighted by atomic mass is 35.5. The molecular formula is C18H18Cl2N2O3. The first-order valence-electron chi connectivity index (χ1n) is 7.27. The second-order valence-electron chi connectivity index (χ2n) is 4.75. The van der Waals surface area contributed by atoms with Crippen LogP contribution in [0.2, 0.25) is 10.0 Å². The van der Waals surface area contributed by atoms with E-state index in [0.717, 1.165) is 0 Å². The van der Waals surface area contributed by atoms with Crippen molar-refractivity contribution in [1.82, 2.24) is 0 Å². The SMILES string of the molecule is CCOC(=O)C=Cc1cc(Cl)ccc1N.Nc1ccc(Cl)cc1C=O. The number of carbonyl (C=O) groups excluding carboxylic acids is 2. The van der Waals surface area contributed by atoms with Crippen molar-refractivity contribution in [2.24, 2.45) is 0 Å². The van der Waals surface area contributed by atoms with E-state index in [1.54, 1.807) is 43.3 Å². The minimum absolute atomic E-state index is 0.355. The number of hydrogen-bond acceptors (Lipinski definition) is 5. The standard InChI is InChI=1S/C11H12ClNO2.C7H6ClNO/c1-2-15-11(14)6-3-8-7-9(12)4-5-10(8)13;8-6-1-2-7(9)5(3-6)4-10/h3-7H,2,13H2,1H3;1-4H,9H2. The summed E-state index contributed by atoms with van der Waals surface area (Å²) in [6, 6.07) is 9.85. The van der Waals surface area contributed by atoms with E-state index in [1.807, 2.05) is 0 Å². The minimum atomic E-state index is -0.392. The largest absolute Gasteiger partial charge is 0.463 e. The Morgan fingerprint density at radius 1 is 1.04 bits per heavy atom. The molecule has 0 unspecified atom stereocenters. The fraction of sp³-hybridized carbons (Fsp3) is 0.111. The summed E-state index contributed by atoms with van der Waals surface area (Å²) in [5.41, 5.74) is 13.3. The number of anilines is 2. The summed E-state index contributed by atoms with van der Waals surface area (Å²) >= 11 is 11.4. The van der Waals surface area contributed by atoms with Crippen LogP contribution in [0.3, 0.4) is 0 Å². The Balaban J connectivity index is 0.000000271. The van der Waals surface area contributed by atoms with Crippen molar-refractivity contribution in [3.63, 3.8) is 0 Å². The Kier molecular flexibility index (Phi) is 8.53. The number of carbonyl (C=O) groups is 2. The van der Waals surface area contributed by atoms with Crippen LogP contribution in [-0.2, 0) is 9.53 Å². The average molecular weight is 381 g/mol. The Labute approximate surface area is 156 Å². The average Bonchev–Trinajstić information content (AvgIpc) is 2.58. The zero-order chi connectivity index (χ0) is 18.8. The molecule has 0 spiro atoms. The molecule has 2 aromatic rings. The van der Waals surface area contributed by atoms with Crippen LogP contribution < -0.4 is 11.5 Å². The number of ether oxygens (including phenoxy) is 1. The lowest BCUT2D eigenvalue weighted by atomic mass is 10.1. The maximum atomic E-state index is 11.0. The number of rotatable bonds is 4. The van der Waals surface area contributed by atoms with E-state index in [-0.39, 0.29) is 0 Å². The molecule has 7 heteroatoms. The van der Waals surface area contributed by atoms with Crippen LogP contribution in [0, 0.1) is 0 Å². The van der Waals surface area contributed by atoms with Gasteiger partial charge in [0, 0.05) is 33.1 Å². The minimum Gasteiger partial charge on any atom is -0.463 e. The van der Waals surface area contributed by atoms with Crippen molar-refractivity contribution in [3.8, 4) is 0 Å². The Bertz CT molecular complexity index is 777. The summed E-state index contributed by atoms with van der Waals surface area (Å²) in [6.45, 7) is 2.10. The van der Waals surface area contributed by atoms with Crippen LogP contribution in [0.4, 0.5) is 11.4 Å². The van der Waals surface area contributed by atoms with Gasteiger partial charge in [0.25, 0.3) is 0 Å². The van der Waals surface area contributed by atoms with Crippen molar-refractivity contribution in [1.29, 1.82) is 0 Å². The first-order chi connectivity index (χ1) is 11.9. The molecule has 0 aliphatic heterocycles. The zero-order valence-corrected chi connectivity index (χ0v) is 15.1. The summed E-state index contributed by atoms with van der Waals surface area (Å²) < 4.78 is 4.73. The topological polar surface area (TPSA) is 95.4 Å². The van der Waals surface area contributed by atoms with E-state index in [9.17, 15) is 9.59 Å². The van der Waals surface area contributed by atoms with Gasteiger partial charge in [-0.1, -0.05) is 23.2 Å². The molecule has 0 atom stereocenters. The lowest BCUT2D eigenvalue weighted by molar-refractivity contribution is -0.137. The van der Waals surface area contributed by atoms with Crippen LogP contribution in [0.1, 0.15) is 22.8 Å². The monoisotopic (exact) mass is 380 g/mol. The van der Waals surface area contributed by atoms with E-state index in [1.165, 1.54) is 12.1 Å². The highest BCUT2D eigenvalue weighted by Crippen LogP contribution is 2.19. The van der Waals surface area contributed by atoms with Crippen LogP contribution in [-0.4, -0.2) is 18.9 Å². The molecule has 0 saturated heterocycles. The van der Waals surface area contributed by atoms with Gasteiger partial charge < -0.3 is 16.2 Å². The fourth-order valence-electron chi connectivity index (χ4n) is 1.69. The van der Waals surface area contributed by atoms with Crippen LogP contribution in [0.15, 0.2) is 42.5 Å². The number of halogens is 2. The van der Waals surface area contributed by atoms with E-state index in [2.05, 4.69) is 0 Å². The summed E-state index contributed by atoms with van der Waals surface area (Å²) in [5, 5.41) is 1.10. The van der Waals surface area contributed by atoms with Gasteiger partial charge in [0.05, 0.1) is 6.61 Å². The molecule has 0 amide bonds. The van der Waals surface area contributed by atoms with Crippen LogP contribution >= 0.6 is 23.2 Å². The van der Waals surface area contributed by atoms with Crippen LogP contribution in [0.25, 0.3) is 6.08 Å². The predicted molar refractivity (Wildman–Crippen MR) is 103 cm³/mol. The third-order valence-corrected chi connectivity index (χ3v) is 3.38. The summed E-state index contributed by atoms with van der Waals surface area (Å²) in [7, 11) is 0. The molecule has 4 N–H and O–H groups in total. The highest BCUT2D eigenvalue weighted by molar-refractivity contribution is 6.31. The third kappa shape index (κ3) is 7.28. The quantitative estimate of drug-likeness (QED) is 0.358. The van der Waals surface area contributed by atoms with Gasteiger partial charge in [0.2, 0.25) is 0 Å². The van der Waals surface area contributed by atoms with E-state index < -0.39 is 5.97 Å². The summed E-state index contributed by atoms with van der Waals surface area (Å²) in [5.74, 6) is -0.392. The Morgan fingerprint density at radius 2 is 1.56 bits per heavy atom. The molecule has 0 aromatic heterocycles. The predicted octanol–water partition coefficient (Wildman–Crippen LogP) is 4.23. The number of hydrogen-bond donors (Lipinski definition) is 2. The first-order valence-corrected chi connectivity index (χ1v) is 8.03. The van der Waals surface area contributed by atoms with Crippen molar-refractivity contribution >= 4 is 52.9 Å². The second kappa shape index (κ2) is 10.4. The van der Waals surface area contributed by atoms with E-state index in [4.69, 9.17) is 39.4 Å². The van der Waals surface area contributed by atoms with Crippen molar-refractivity contribution in [3.05, 3.63) is 63.6 Å². The molecule has 0 saturated carbocycles. The molecule has 0 heterocycles. The van der Waals surface area contributed by atoms with Gasteiger partial charge in [-0.15, -0.1) is 0 Å². The first kappa shape index (κ1) is 20.5. The number of aldehydes is 1. The normalized spacial score (nSPS) is 10.0. The van der Waals surface area contributed by atoms with Crippen molar-refractivity contribution < 1.29 is 14.3 Å². The van der Waals surface area contributed by atoms with Gasteiger partial charge in [-0.25, -0.2) is 4.79 Å². The lowest BCUT2D eigenvalue weighted by Crippen LogP contribution is -1.99. The molecule has 0 bridgehead atoms. The molecule has 2 aromatic carbocycles. The van der Waals surface area contributed by atoms with Gasteiger partial charge in [-0.2, -0.15) is 0 Å².